The SMILES string of the molecule is CC.CC.CC.CC.CC(=O)CCC(NC(=O)Nc1ccc(COC(=O)N(C)c2ccccc2)cc1)C(C)=O.CCCN(C)CCC.CCCN(C)CCC.CN(C(=O)OCc1ccc(NC(=O)NC(CCC(=O)O)C(=O)O)cc1)c1ccccc1. The number of aliphatic carboxylic acids is 2. The van der Waals surface area contributed by atoms with E-state index in [1.807, 2.05) is 104 Å². The van der Waals surface area contributed by atoms with E-state index in [4.69, 9.17) is 19.7 Å². The van der Waals surface area contributed by atoms with Crippen LogP contribution in [0.25, 0.3) is 0 Å². The number of anilines is 4. The van der Waals surface area contributed by atoms with Crippen LogP contribution < -0.4 is 31.1 Å². The van der Waals surface area contributed by atoms with Crippen LogP contribution in [0.15, 0.2) is 109 Å². The topological polar surface area (TPSA) is 257 Å². The minimum atomic E-state index is -1.32. The third-order valence-electron chi connectivity index (χ3n) is 11.2. The van der Waals surface area contributed by atoms with Gasteiger partial charge in [-0.15, -0.1) is 0 Å². The van der Waals surface area contributed by atoms with Crippen LogP contribution in [-0.2, 0) is 41.9 Å². The molecule has 0 aliphatic heterocycles. The lowest BCUT2D eigenvalue weighted by Crippen LogP contribution is -2.43. The third kappa shape index (κ3) is 42.9. The van der Waals surface area contributed by atoms with Crippen molar-refractivity contribution in [3.8, 4) is 0 Å². The molecular formula is C66H108N8O12. The summed E-state index contributed by atoms with van der Waals surface area (Å²) in [6, 6.07) is 28.0. The summed E-state index contributed by atoms with van der Waals surface area (Å²) >= 11 is 0. The Morgan fingerprint density at radius 2 is 0.767 bits per heavy atom. The molecule has 0 radical (unpaired) electrons. The molecule has 4 rings (SSSR count). The van der Waals surface area contributed by atoms with E-state index in [1.54, 1.807) is 74.8 Å². The maximum atomic E-state index is 12.2. The van der Waals surface area contributed by atoms with E-state index in [9.17, 15) is 38.4 Å². The van der Waals surface area contributed by atoms with Crippen molar-refractivity contribution in [3.05, 3.63) is 120 Å². The van der Waals surface area contributed by atoms with Crippen molar-refractivity contribution >= 4 is 70.5 Å². The van der Waals surface area contributed by atoms with E-state index in [1.165, 1.54) is 75.5 Å². The molecule has 0 saturated carbocycles. The molecule has 20 heteroatoms. The van der Waals surface area contributed by atoms with Crippen molar-refractivity contribution in [2.24, 2.45) is 0 Å². The molecule has 2 unspecified atom stereocenters. The maximum Gasteiger partial charge on any atom is 0.414 e. The average molecular weight is 1210 g/mol. The molecule has 0 spiro atoms. The second-order valence-corrected chi connectivity index (χ2v) is 18.3. The third-order valence-corrected chi connectivity index (χ3v) is 11.2. The molecule has 0 heterocycles. The second kappa shape index (κ2) is 55.1. The van der Waals surface area contributed by atoms with E-state index in [2.05, 4.69) is 72.9 Å². The highest BCUT2D eigenvalue weighted by Crippen LogP contribution is 2.17. The van der Waals surface area contributed by atoms with E-state index in [0.29, 0.717) is 22.6 Å². The first-order valence-electron chi connectivity index (χ1n) is 30.2. The van der Waals surface area contributed by atoms with Gasteiger partial charge in [-0.3, -0.25) is 19.4 Å². The standard InChI is InChI=1S/C23H27N3O5.C21H23N3O7.2C7H17N.4C2H6/c1-16(27)9-14-21(17(2)28)25-22(29)24-19-12-10-18(11-13-19)15-31-23(30)26(3)20-7-5-4-6-8-20;1-24(16-5-3-2-4-6-16)21(30)31-13-14-7-9-15(10-8-14)22-20(29)23-17(19(27)28)11-12-18(25)26;2*1-4-6-8(3)7-5-2;4*1-2/h4-8,10-13,21H,9,14-15H2,1-3H3,(H2,24,25,29);2-10,17H,11-13H2,1H3,(H,25,26)(H,27,28)(H2,22,23,29);2*4-7H2,1-3H3;4*1-2H3. The number of carbonyl (C=O) groups is 8. The average Bonchev–Trinajstić information content (AvgIpc) is 3.68. The fourth-order valence-corrected chi connectivity index (χ4v) is 7.02. The zero-order valence-corrected chi connectivity index (χ0v) is 55.2. The first-order chi connectivity index (χ1) is 41.1. The molecule has 4 aromatic rings. The highest BCUT2D eigenvalue weighted by molar-refractivity contribution is 5.94. The number of amides is 6. The van der Waals surface area contributed by atoms with Gasteiger partial charge in [-0.2, -0.15) is 0 Å². The van der Waals surface area contributed by atoms with E-state index in [0.717, 1.165) is 11.3 Å². The fourth-order valence-electron chi connectivity index (χ4n) is 7.02. The minimum absolute atomic E-state index is 0.0265. The number of carboxylic acids is 2. The normalized spacial score (nSPS) is 10.3. The van der Waals surface area contributed by atoms with Crippen molar-refractivity contribution in [2.75, 3.05) is 74.8 Å². The van der Waals surface area contributed by atoms with Gasteiger partial charge >= 0.3 is 36.2 Å². The van der Waals surface area contributed by atoms with Gasteiger partial charge in [0.2, 0.25) is 0 Å². The number of benzene rings is 4. The Labute approximate surface area is 515 Å². The van der Waals surface area contributed by atoms with Gasteiger partial charge in [0.1, 0.15) is 25.0 Å². The number of ether oxygens (including phenoxy) is 2. The Balaban J connectivity index is -0.000000570. The summed E-state index contributed by atoms with van der Waals surface area (Å²) < 4.78 is 10.6. The zero-order valence-electron chi connectivity index (χ0n) is 55.2. The number of hydrogen-bond donors (Lipinski definition) is 6. The molecule has 0 bridgehead atoms. The largest absolute Gasteiger partial charge is 0.481 e. The van der Waals surface area contributed by atoms with Gasteiger partial charge in [0.15, 0.2) is 5.78 Å². The summed E-state index contributed by atoms with van der Waals surface area (Å²) in [6.45, 7) is 32.8. The summed E-state index contributed by atoms with van der Waals surface area (Å²) in [6.07, 6.45) is 3.96. The predicted molar refractivity (Wildman–Crippen MR) is 351 cm³/mol. The lowest BCUT2D eigenvalue weighted by molar-refractivity contribution is -0.140. The molecular weight excluding hydrogens is 1100 g/mol. The van der Waals surface area contributed by atoms with Crippen LogP contribution in [0.5, 0.6) is 0 Å². The zero-order chi connectivity index (χ0) is 66.4. The van der Waals surface area contributed by atoms with Crippen molar-refractivity contribution in [1.29, 1.82) is 0 Å². The fraction of sp³-hybridized carbons (Fsp3) is 0.515. The van der Waals surface area contributed by atoms with Gasteiger partial charge in [0, 0.05) is 49.7 Å². The molecule has 484 valence electrons. The van der Waals surface area contributed by atoms with Crippen LogP contribution >= 0.6 is 0 Å². The van der Waals surface area contributed by atoms with Crippen LogP contribution in [0.2, 0.25) is 0 Å². The van der Waals surface area contributed by atoms with Gasteiger partial charge in [0.05, 0.1) is 6.04 Å². The molecule has 20 nitrogen and oxygen atoms in total. The number of ketones is 2. The van der Waals surface area contributed by atoms with Crippen molar-refractivity contribution in [3.63, 3.8) is 0 Å². The highest BCUT2D eigenvalue weighted by atomic mass is 16.6. The smallest absolute Gasteiger partial charge is 0.414 e. The van der Waals surface area contributed by atoms with Gasteiger partial charge in [-0.25, -0.2) is 24.0 Å². The molecule has 0 fully saturated rings. The van der Waals surface area contributed by atoms with Crippen LogP contribution in [0.1, 0.15) is 159 Å². The number of nitrogens with zero attached hydrogens (tertiary/aromatic N) is 4. The second-order valence-electron chi connectivity index (χ2n) is 18.3. The molecule has 4 aromatic carbocycles. The Kier molecular flexibility index (Phi) is 54.2. The van der Waals surface area contributed by atoms with E-state index in [-0.39, 0.29) is 50.5 Å². The molecule has 86 heavy (non-hydrogen) atoms. The summed E-state index contributed by atoms with van der Waals surface area (Å²) in [7, 11) is 7.58. The van der Waals surface area contributed by atoms with E-state index >= 15 is 0 Å². The number of hydrogen-bond acceptors (Lipinski definition) is 12. The van der Waals surface area contributed by atoms with Gasteiger partial charge in [0.25, 0.3) is 0 Å². The summed E-state index contributed by atoms with van der Waals surface area (Å²) in [5, 5.41) is 27.6. The Morgan fingerprint density at radius 1 is 0.453 bits per heavy atom. The quantitative estimate of drug-likeness (QED) is 0.0342. The minimum Gasteiger partial charge on any atom is -0.481 e. The Morgan fingerprint density at radius 3 is 1.05 bits per heavy atom. The molecule has 0 aliphatic carbocycles. The Bertz CT molecular complexity index is 2220. The maximum absolute atomic E-state index is 12.2. The lowest BCUT2D eigenvalue weighted by atomic mass is 10.1. The van der Waals surface area contributed by atoms with Gasteiger partial charge in [-0.1, -0.05) is 144 Å². The number of urea groups is 2. The first kappa shape index (κ1) is 84.6. The van der Waals surface area contributed by atoms with Gasteiger partial charge in [-0.05, 0) is 152 Å². The van der Waals surface area contributed by atoms with E-state index < -0.39 is 48.3 Å². The van der Waals surface area contributed by atoms with Crippen molar-refractivity contribution in [1.82, 2.24) is 20.4 Å². The number of nitrogens with one attached hydrogen (secondary N) is 4. The first-order valence-corrected chi connectivity index (χ1v) is 30.2. The summed E-state index contributed by atoms with van der Waals surface area (Å²) in [5.41, 5.74) is 3.76. The summed E-state index contributed by atoms with van der Waals surface area (Å²) in [5.74, 6) is -2.73. The number of para-hydroxylation sites is 2. The monoisotopic (exact) mass is 1200 g/mol. The number of carbonyl (C=O) groups excluding carboxylic acids is 6. The molecule has 2 atom stereocenters. The van der Waals surface area contributed by atoms with Crippen LogP contribution in [0.3, 0.4) is 0 Å². The Hall–Kier alpha value is -7.84. The van der Waals surface area contributed by atoms with Crippen LogP contribution in [-0.4, -0.2) is 134 Å². The number of Topliss-reactive ketones (excluding diaryl/α,β-unsaturated/α-hetero) is 2. The molecule has 0 aliphatic rings. The molecule has 6 N–H and O–H groups in total. The molecule has 0 aromatic heterocycles. The van der Waals surface area contributed by atoms with Crippen LogP contribution in [0.4, 0.5) is 41.9 Å². The highest BCUT2D eigenvalue weighted by Gasteiger charge is 2.22. The molecule has 0 saturated heterocycles. The van der Waals surface area contributed by atoms with Gasteiger partial charge < -0.3 is 55.5 Å². The lowest BCUT2D eigenvalue weighted by Gasteiger charge is -2.17. The van der Waals surface area contributed by atoms with Crippen LogP contribution in [0, 0.1) is 0 Å². The summed E-state index contributed by atoms with van der Waals surface area (Å²) in [4.78, 5) is 100. The number of carboxylic acid groups (broad SMARTS) is 2. The molecule has 6 amide bonds. The number of rotatable bonds is 26. The van der Waals surface area contributed by atoms with Crippen molar-refractivity contribution in [2.45, 2.75) is 174 Å². The predicted octanol–water partition coefficient (Wildman–Crippen LogP) is 14.4. The van der Waals surface area contributed by atoms with Crippen molar-refractivity contribution < 1.29 is 58.0 Å².